The van der Waals surface area contributed by atoms with Crippen molar-refractivity contribution in [3.05, 3.63) is 39.5 Å². The minimum atomic E-state index is -1.65. The van der Waals surface area contributed by atoms with Crippen molar-refractivity contribution >= 4 is 39.5 Å². The van der Waals surface area contributed by atoms with Gasteiger partial charge in [0.2, 0.25) is 0 Å². The van der Waals surface area contributed by atoms with Crippen molar-refractivity contribution in [1.29, 1.82) is 0 Å². The molecule has 1 fully saturated rings. The summed E-state index contributed by atoms with van der Waals surface area (Å²) >= 11 is 2.88. The van der Waals surface area contributed by atoms with Gasteiger partial charge in [0.15, 0.2) is 17.2 Å². The number of halogens is 3. The molecule has 24 heavy (non-hydrogen) atoms. The molecule has 0 radical (unpaired) electrons. The van der Waals surface area contributed by atoms with Crippen molar-refractivity contribution in [3.63, 3.8) is 0 Å². The van der Waals surface area contributed by atoms with Gasteiger partial charge < -0.3 is 19.9 Å². The van der Waals surface area contributed by atoms with Gasteiger partial charge in [0, 0.05) is 24.5 Å². The van der Waals surface area contributed by atoms with Crippen LogP contribution in [-0.2, 0) is 19.1 Å². The van der Waals surface area contributed by atoms with E-state index in [1.54, 1.807) is 0 Å². The third-order valence-electron chi connectivity index (χ3n) is 2.87. The average Bonchev–Trinajstić information content (AvgIpc) is 2.43. The van der Waals surface area contributed by atoms with Crippen molar-refractivity contribution in [3.8, 4) is 0 Å². The fourth-order valence-electron chi connectivity index (χ4n) is 1.81. The Morgan fingerprint density at radius 1 is 1.25 bits per heavy atom. The number of carboxylic acid groups (broad SMARTS) is 1. The molecular weight excluding hydrogens is 396 g/mol. The lowest BCUT2D eigenvalue weighted by molar-refractivity contribution is -0.222. The second-order valence-corrected chi connectivity index (χ2v) is 5.95. The van der Waals surface area contributed by atoms with E-state index >= 15 is 0 Å². The maximum absolute atomic E-state index is 14.0. The van der Waals surface area contributed by atoms with Crippen LogP contribution in [0.25, 0.3) is 0 Å². The van der Waals surface area contributed by atoms with Gasteiger partial charge in [-0.2, -0.15) is 0 Å². The number of esters is 2. The molecule has 2 rings (SSSR count). The number of hydrogen-bond donors (Lipinski definition) is 2. The van der Waals surface area contributed by atoms with Crippen LogP contribution < -0.4 is 5.32 Å². The molecule has 1 aromatic carbocycles. The second kappa shape index (κ2) is 6.19. The molecule has 1 heterocycles. The van der Waals surface area contributed by atoms with E-state index in [0.717, 1.165) is 12.3 Å². The van der Waals surface area contributed by atoms with Crippen molar-refractivity contribution in [2.75, 3.05) is 5.32 Å². The summed E-state index contributed by atoms with van der Waals surface area (Å²) in [7, 11) is 0. The second-order valence-electron chi connectivity index (χ2n) is 5.10. The quantitative estimate of drug-likeness (QED) is 0.344. The van der Waals surface area contributed by atoms with E-state index in [1.807, 2.05) is 0 Å². The minimum absolute atomic E-state index is 0.131. The van der Waals surface area contributed by atoms with Crippen LogP contribution in [0.15, 0.2) is 22.3 Å². The highest BCUT2D eigenvalue weighted by Crippen LogP contribution is 2.31. The lowest BCUT2D eigenvalue weighted by Gasteiger charge is -2.29. The molecule has 128 valence electrons. The zero-order valence-electron chi connectivity index (χ0n) is 12.3. The van der Waals surface area contributed by atoms with E-state index in [2.05, 4.69) is 21.2 Å². The van der Waals surface area contributed by atoms with Crippen LogP contribution in [0.3, 0.4) is 0 Å². The van der Waals surface area contributed by atoms with Gasteiger partial charge in [0.05, 0.1) is 11.3 Å². The van der Waals surface area contributed by atoms with Crippen LogP contribution in [0.2, 0.25) is 0 Å². The molecule has 1 aliphatic rings. The summed E-state index contributed by atoms with van der Waals surface area (Å²) in [6, 6.07) is 0.836. The van der Waals surface area contributed by atoms with Gasteiger partial charge in [0.25, 0.3) is 5.79 Å². The number of hydrogen-bond acceptors (Lipinski definition) is 6. The van der Waals surface area contributed by atoms with E-state index in [0.29, 0.717) is 0 Å². The van der Waals surface area contributed by atoms with Gasteiger partial charge in [-0.15, -0.1) is 0 Å². The molecule has 1 saturated heterocycles. The first-order chi connectivity index (χ1) is 11.0. The Balaban J connectivity index is 2.36. The summed E-state index contributed by atoms with van der Waals surface area (Å²) in [5.74, 6) is -8.21. The third-order valence-corrected chi connectivity index (χ3v) is 3.49. The van der Waals surface area contributed by atoms with E-state index < -0.39 is 52.2 Å². The molecule has 0 saturated carbocycles. The van der Waals surface area contributed by atoms with Gasteiger partial charge >= 0.3 is 17.9 Å². The zero-order chi connectivity index (χ0) is 18.2. The molecule has 1 aromatic rings. The highest BCUT2D eigenvalue weighted by Gasteiger charge is 2.39. The predicted octanol–water partition coefficient (Wildman–Crippen LogP) is 2.56. The standard InChI is InChI=1S/C14H10BrF2NO6/c1-14(2)23-12(21)6(13(22)24-14)4-18-10-7(15)3-5(11(19)20)8(16)9(10)17/h3-4,18H,1-2H3,(H,19,20). The Morgan fingerprint density at radius 2 is 1.79 bits per heavy atom. The molecule has 0 amide bonds. The van der Waals surface area contributed by atoms with Crippen molar-refractivity contribution in [1.82, 2.24) is 0 Å². The van der Waals surface area contributed by atoms with Crippen LogP contribution in [0.1, 0.15) is 24.2 Å². The van der Waals surface area contributed by atoms with E-state index in [9.17, 15) is 23.2 Å². The lowest BCUT2D eigenvalue weighted by Crippen LogP contribution is -2.42. The number of carbonyl (C=O) groups is 3. The summed E-state index contributed by atoms with van der Waals surface area (Å²) in [5, 5.41) is 11.0. The van der Waals surface area contributed by atoms with Crippen LogP contribution in [-0.4, -0.2) is 28.8 Å². The fourth-order valence-corrected chi connectivity index (χ4v) is 2.32. The van der Waals surface area contributed by atoms with E-state index in [4.69, 9.17) is 14.6 Å². The number of ether oxygens (including phenoxy) is 2. The third kappa shape index (κ3) is 3.37. The number of rotatable bonds is 3. The number of aromatic carboxylic acids is 1. The summed E-state index contributed by atoms with van der Waals surface area (Å²) < 4.78 is 37.2. The average molecular weight is 406 g/mol. The maximum Gasteiger partial charge on any atom is 0.350 e. The Kier molecular flexibility index (Phi) is 4.61. The minimum Gasteiger partial charge on any atom is -0.478 e. The van der Waals surface area contributed by atoms with Crippen LogP contribution in [0.5, 0.6) is 0 Å². The smallest absolute Gasteiger partial charge is 0.350 e. The number of benzene rings is 1. The Labute approximate surface area is 142 Å². The topological polar surface area (TPSA) is 102 Å². The largest absolute Gasteiger partial charge is 0.478 e. The number of cyclic esters (lactones) is 2. The summed E-state index contributed by atoms with van der Waals surface area (Å²) in [6.45, 7) is 2.70. The molecule has 7 nitrogen and oxygen atoms in total. The monoisotopic (exact) mass is 405 g/mol. The van der Waals surface area contributed by atoms with E-state index in [1.165, 1.54) is 13.8 Å². The Bertz CT molecular complexity index is 768. The molecule has 0 aromatic heterocycles. The maximum atomic E-state index is 14.0. The zero-order valence-corrected chi connectivity index (χ0v) is 13.9. The van der Waals surface area contributed by atoms with Gasteiger partial charge in [-0.05, 0) is 22.0 Å². The lowest BCUT2D eigenvalue weighted by atomic mass is 10.1. The van der Waals surface area contributed by atoms with Gasteiger partial charge in [-0.3, -0.25) is 0 Å². The molecule has 0 bridgehead atoms. The number of carbonyl (C=O) groups excluding carboxylic acids is 2. The van der Waals surface area contributed by atoms with Gasteiger partial charge in [-0.25, -0.2) is 23.2 Å². The molecule has 2 N–H and O–H groups in total. The highest BCUT2D eigenvalue weighted by molar-refractivity contribution is 9.10. The first-order valence-corrected chi connectivity index (χ1v) is 7.17. The number of nitrogens with one attached hydrogen (secondary N) is 1. The molecule has 10 heteroatoms. The predicted molar refractivity (Wildman–Crippen MR) is 79.0 cm³/mol. The van der Waals surface area contributed by atoms with Crippen molar-refractivity contribution < 1.29 is 37.7 Å². The summed E-state index contributed by atoms with van der Waals surface area (Å²) in [6.07, 6.45) is 0.781. The summed E-state index contributed by atoms with van der Waals surface area (Å²) in [4.78, 5) is 34.3. The fraction of sp³-hybridized carbons (Fsp3) is 0.214. The first kappa shape index (κ1) is 17.9. The van der Waals surface area contributed by atoms with Crippen molar-refractivity contribution in [2.24, 2.45) is 0 Å². The van der Waals surface area contributed by atoms with Gasteiger partial charge in [-0.1, -0.05) is 0 Å². The van der Waals surface area contributed by atoms with Crippen LogP contribution in [0, 0.1) is 11.6 Å². The Hall–Kier alpha value is -2.49. The molecule has 0 aliphatic carbocycles. The number of carboxylic acids is 1. The Morgan fingerprint density at radius 3 is 2.29 bits per heavy atom. The van der Waals surface area contributed by atoms with Crippen LogP contribution >= 0.6 is 15.9 Å². The molecule has 0 spiro atoms. The number of anilines is 1. The van der Waals surface area contributed by atoms with E-state index in [-0.39, 0.29) is 4.47 Å². The molecule has 1 aliphatic heterocycles. The SMILES string of the molecule is CC1(C)OC(=O)C(=CNc2c(Br)cc(C(=O)O)c(F)c2F)C(=O)O1. The molecule has 0 unspecified atom stereocenters. The molecular formula is C14H10BrF2NO6. The normalized spacial score (nSPS) is 16.3. The van der Waals surface area contributed by atoms with Crippen molar-refractivity contribution in [2.45, 2.75) is 19.6 Å². The highest BCUT2D eigenvalue weighted by atomic mass is 79.9. The first-order valence-electron chi connectivity index (χ1n) is 6.37. The van der Waals surface area contributed by atoms with Crippen LogP contribution in [0.4, 0.5) is 14.5 Å². The van der Waals surface area contributed by atoms with Gasteiger partial charge in [0.1, 0.15) is 0 Å². The summed E-state index contributed by atoms with van der Waals surface area (Å²) in [5.41, 5.74) is -1.95. The molecule has 0 atom stereocenters.